The molecule has 2 aliphatic heterocycles. The van der Waals surface area contributed by atoms with Crippen LogP contribution in [0.15, 0.2) is 47.7 Å². The maximum atomic E-state index is 6.29. The molecule has 8 heteroatoms. The monoisotopic (exact) mass is 496 g/mol. The van der Waals surface area contributed by atoms with E-state index in [1.807, 2.05) is 17.8 Å². The van der Waals surface area contributed by atoms with E-state index in [1.165, 1.54) is 11.1 Å². The molecule has 144 valence electrons. The highest BCUT2D eigenvalue weighted by Gasteiger charge is 2.22. The van der Waals surface area contributed by atoms with E-state index in [2.05, 4.69) is 44.0 Å². The van der Waals surface area contributed by atoms with Crippen molar-refractivity contribution in [2.24, 2.45) is 10.7 Å². The summed E-state index contributed by atoms with van der Waals surface area (Å²) in [5, 5.41) is 0.414. The second-order valence-electron chi connectivity index (χ2n) is 6.53. The molecule has 1 aromatic heterocycles. The number of benzene rings is 1. The van der Waals surface area contributed by atoms with Crippen LogP contribution in [0.4, 0.5) is 5.95 Å². The standard InChI is InChI=1S/C19H24N6S.HI/c20-18(23-14-17-16-5-2-1-4-15(16)6-13-26-17)24-9-11-25(12-10-24)19-21-7-3-8-22-19;/h1-5,7-8,17H,6,9-14H2,(H2,20,23);1H. The molecule has 1 unspecified atom stereocenters. The van der Waals surface area contributed by atoms with Crippen LogP contribution < -0.4 is 10.6 Å². The van der Waals surface area contributed by atoms with Gasteiger partial charge in [-0.2, -0.15) is 11.8 Å². The van der Waals surface area contributed by atoms with Crippen LogP contribution in [0.5, 0.6) is 0 Å². The summed E-state index contributed by atoms with van der Waals surface area (Å²) in [5.74, 6) is 2.60. The molecule has 0 bridgehead atoms. The first-order valence-corrected chi connectivity index (χ1v) is 10.1. The van der Waals surface area contributed by atoms with Crippen LogP contribution in [0, 0.1) is 0 Å². The van der Waals surface area contributed by atoms with Crippen molar-refractivity contribution in [2.45, 2.75) is 11.7 Å². The van der Waals surface area contributed by atoms with Crippen LogP contribution in [0.2, 0.25) is 0 Å². The lowest BCUT2D eigenvalue weighted by Gasteiger charge is -2.35. The number of anilines is 1. The van der Waals surface area contributed by atoms with Gasteiger partial charge in [-0.25, -0.2) is 9.97 Å². The molecule has 2 aromatic rings. The smallest absolute Gasteiger partial charge is 0.225 e. The van der Waals surface area contributed by atoms with Crippen molar-refractivity contribution in [1.82, 2.24) is 14.9 Å². The zero-order chi connectivity index (χ0) is 17.8. The summed E-state index contributed by atoms with van der Waals surface area (Å²) in [4.78, 5) is 17.7. The van der Waals surface area contributed by atoms with Crippen LogP contribution in [0.25, 0.3) is 0 Å². The van der Waals surface area contributed by atoms with E-state index < -0.39 is 0 Å². The third kappa shape index (κ3) is 4.84. The van der Waals surface area contributed by atoms with Crippen LogP contribution >= 0.6 is 35.7 Å². The Kier molecular flexibility index (Phi) is 7.17. The topological polar surface area (TPSA) is 70.6 Å². The van der Waals surface area contributed by atoms with Gasteiger partial charge in [0.15, 0.2) is 5.96 Å². The zero-order valence-electron chi connectivity index (χ0n) is 15.2. The van der Waals surface area contributed by atoms with E-state index in [0.29, 0.717) is 11.2 Å². The van der Waals surface area contributed by atoms with Gasteiger partial charge < -0.3 is 15.5 Å². The Morgan fingerprint density at radius 2 is 1.85 bits per heavy atom. The maximum absolute atomic E-state index is 6.29. The molecule has 0 amide bonds. The lowest BCUT2D eigenvalue weighted by Crippen LogP contribution is -2.51. The van der Waals surface area contributed by atoms with Crippen molar-refractivity contribution in [2.75, 3.05) is 43.4 Å². The van der Waals surface area contributed by atoms with E-state index in [-0.39, 0.29) is 24.0 Å². The molecular weight excluding hydrogens is 471 g/mol. The zero-order valence-corrected chi connectivity index (χ0v) is 18.3. The normalized spacial score (nSPS) is 20.0. The van der Waals surface area contributed by atoms with E-state index in [1.54, 1.807) is 12.4 Å². The van der Waals surface area contributed by atoms with Gasteiger partial charge in [0.1, 0.15) is 0 Å². The quantitative estimate of drug-likeness (QED) is 0.400. The van der Waals surface area contributed by atoms with Crippen molar-refractivity contribution < 1.29 is 0 Å². The molecule has 6 nitrogen and oxygen atoms in total. The van der Waals surface area contributed by atoms with Crippen LogP contribution in [-0.4, -0.2) is 59.3 Å². The van der Waals surface area contributed by atoms with Gasteiger partial charge in [-0.15, -0.1) is 24.0 Å². The molecule has 0 saturated carbocycles. The average Bonchev–Trinajstić information content (AvgIpc) is 2.73. The number of halogens is 1. The van der Waals surface area contributed by atoms with Gasteiger partial charge in [0.2, 0.25) is 5.95 Å². The summed E-state index contributed by atoms with van der Waals surface area (Å²) in [6.07, 6.45) is 4.72. The molecule has 0 aliphatic carbocycles. The first-order valence-electron chi connectivity index (χ1n) is 9.07. The van der Waals surface area contributed by atoms with Gasteiger partial charge in [0.05, 0.1) is 6.54 Å². The molecule has 1 atom stereocenters. The van der Waals surface area contributed by atoms with E-state index in [9.17, 15) is 0 Å². The fraction of sp³-hybridized carbons (Fsp3) is 0.421. The summed E-state index contributed by atoms with van der Waals surface area (Å²) in [5.41, 5.74) is 9.17. The molecule has 0 spiro atoms. The largest absolute Gasteiger partial charge is 0.370 e. The SMILES string of the molecule is I.NC(=NCC1SCCc2ccccc21)N1CCN(c2ncccn2)CC1. The van der Waals surface area contributed by atoms with Crippen molar-refractivity contribution in [1.29, 1.82) is 0 Å². The second kappa shape index (κ2) is 9.59. The number of fused-ring (bicyclic) bond motifs is 1. The highest BCUT2D eigenvalue weighted by molar-refractivity contribution is 14.0. The molecule has 2 N–H and O–H groups in total. The first-order chi connectivity index (χ1) is 12.8. The summed E-state index contributed by atoms with van der Waals surface area (Å²) in [6.45, 7) is 4.17. The van der Waals surface area contributed by atoms with Crippen LogP contribution in [0.3, 0.4) is 0 Å². The molecule has 1 saturated heterocycles. The minimum absolute atomic E-state index is 0. The van der Waals surface area contributed by atoms with Crippen LogP contribution in [0.1, 0.15) is 16.4 Å². The van der Waals surface area contributed by atoms with Crippen molar-refractivity contribution in [3.8, 4) is 0 Å². The molecule has 2 aliphatic rings. The lowest BCUT2D eigenvalue weighted by molar-refractivity contribution is 0.378. The number of nitrogens with zero attached hydrogens (tertiary/aromatic N) is 5. The molecular formula is C19H25IN6S. The van der Waals surface area contributed by atoms with Gasteiger partial charge in [-0.1, -0.05) is 24.3 Å². The third-order valence-corrected chi connectivity index (χ3v) is 6.20. The predicted molar refractivity (Wildman–Crippen MR) is 123 cm³/mol. The Morgan fingerprint density at radius 1 is 1.11 bits per heavy atom. The number of nitrogens with two attached hydrogens (primary N) is 1. The van der Waals surface area contributed by atoms with Crippen molar-refractivity contribution >= 4 is 47.6 Å². The molecule has 27 heavy (non-hydrogen) atoms. The van der Waals surface area contributed by atoms with Gasteiger partial charge in [-0.05, 0) is 29.4 Å². The number of rotatable bonds is 3. The van der Waals surface area contributed by atoms with Gasteiger partial charge in [0, 0.05) is 43.8 Å². The number of thioether (sulfide) groups is 1. The number of aromatic nitrogens is 2. The summed E-state index contributed by atoms with van der Waals surface area (Å²) < 4.78 is 0. The maximum Gasteiger partial charge on any atom is 0.225 e. The van der Waals surface area contributed by atoms with Gasteiger partial charge in [0.25, 0.3) is 0 Å². The Morgan fingerprint density at radius 3 is 2.63 bits per heavy atom. The Bertz CT molecular complexity index is 764. The minimum atomic E-state index is 0. The highest BCUT2D eigenvalue weighted by Crippen LogP contribution is 2.36. The summed E-state index contributed by atoms with van der Waals surface area (Å²) in [6, 6.07) is 10.6. The second-order valence-corrected chi connectivity index (χ2v) is 7.84. The summed E-state index contributed by atoms with van der Waals surface area (Å²) in [7, 11) is 0. The van der Waals surface area contributed by atoms with Gasteiger partial charge >= 0.3 is 0 Å². The van der Waals surface area contributed by atoms with Crippen molar-refractivity contribution in [3.63, 3.8) is 0 Å². The van der Waals surface area contributed by atoms with E-state index >= 15 is 0 Å². The number of guanidine groups is 1. The Labute approximate surface area is 181 Å². The highest BCUT2D eigenvalue weighted by atomic mass is 127. The van der Waals surface area contributed by atoms with E-state index in [0.717, 1.165) is 50.8 Å². The molecule has 1 aromatic carbocycles. The fourth-order valence-corrected chi connectivity index (χ4v) is 4.71. The number of hydrogen-bond donors (Lipinski definition) is 1. The average molecular weight is 496 g/mol. The van der Waals surface area contributed by atoms with Crippen molar-refractivity contribution in [3.05, 3.63) is 53.9 Å². The number of piperazine rings is 1. The molecule has 0 radical (unpaired) electrons. The number of hydrogen-bond acceptors (Lipinski definition) is 5. The molecule has 3 heterocycles. The molecule has 4 rings (SSSR count). The predicted octanol–water partition coefficient (Wildman–Crippen LogP) is 2.56. The Balaban J connectivity index is 0.00000210. The number of aliphatic imine (C=N–C) groups is 1. The number of aryl methyl sites for hydroxylation is 1. The minimum Gasteiger partial charge on any atom is -0.370 e. The Hall–Kier alpha value is -1.55. The lowest BCUT2D eigenvalue weighted by atomic mass is 10.0. The third-order valence-electron chi connectivity index (χ3n) is 4.95. The fourth-order valence-electron chi connectivity index (χ4n) is 3.49. The van der Waals surface area contributed by atoms with Crippen LogP contribution in [-0.2, 0) is 6.42 Å². The van der Waals surface area contributed by atoms with Gasteiger partial charge in [-0.3, -0.25) is 4.99 Å². The van der Waals surface area contributed by atoms with E-state index in [4.69, 9.17) is 10.7 Å². The molecule has 1 fully saturated rings. The first kappa shape index (κ1) is 20.2. The summed E-state index contributed by atoms with van der Waals surface area (Å²) >= 11 is 1.99.